The fraction of sp³-hybridized carbons (Fsp3) is 1.00. The Balaban J connectivity index is 2.12. The van der Waals surface area contributed by atoms with Crippen molar-refractivity contribution in [2.24, 2.45) is 5.41 Å². The molecule has 2 heteroatoms. The molecule has 0 saturated heterocycles. The van der Waals surface area contributed by atoms with Crippen LogP contribution in [0.15, 0.2) is 0 Å². The lowest BCUT2D eigenvalue weighted by Crippen LogP contribution is -2.38. The van der Waals surface area contributed by atoms with Crippen LogP contribution in [0.5, 0.6) is 0 Å². The molecular weight excluding hydrogens is 232 g/mol. The molecule has 1 rings (SSSR count). The van der Waals surface area contributed by atoms with Crippen LogP contribution in [0.1, 0.15) is 72.6 Å². The predicted molar refractivity (Wildman–Crippen MR) is 85.7 cm³/mol. The second kappa shape index (κ2) is 8.26. The monoisotopic (exact) mass is 268 g/mol. The molecule has 1 fully saturated rings. The van der Waals surface area contributed by atoms with E-state index in [-0.39, 0.29) is 0 Å². The number of hydrogen-bond acceptors (Lipinski definition) is 2. The van der Waals surface area contributed by atoms with E-state index in [4.69, 9.17) is 0 Å². The van der Waals surface area contributed by atoms with E-state index in [0.717, 1.165) is 12.6 Å². The fourth-order valence-electron chi connectivity index (χ4n) is 3.15. The molecule has 0 heterocycles. The minimum absolute atomic E-state index is 0.593. The van der Waals surface area contributed by atoms with Gasteiger partial charge in [-0.05, 0) is 77.4 Å². The van der Waals surface area contributed by atoms with Crippen molar-refractivity contribution in [2.45, 2.75) is 84.7 Å². The summed E-state index contributed by atoms with van der Waals surface area (Å²) >= 11 is 0. The van der Waals surface area contributed by atoms with Crippen LogP contribution in [0.25, 0.3) is 0 Å². The summed E-state index contributed by atoms with van der Waals surface area (Å²) in [5.41, 5.74) is 0.593. The first-order valence-corrected chi connectivity index (χ1v) is 8.38. The van der Waals surface area contributed by atoms with Gasteiger partial charge in [-0.2, -0.15) is 0 Å². The third-order valence-corrected chi connectivity index (χ3v) is 4.82. The predicted octanol–water partition coefficient (Wildman–Crippen LogP) is 4.06. The van der Waals surface area contributed by atoms with Gasteiger partial charge in [-0.15, -0.1) is 0 Å². The first kappa shape index (κ1) is 17.0. The SMILES string of the molecule is CCCNC(C)CCCN(C)C1CCC(C)(C)CC1. The summed E-state index contributed by atoms with van der Waals surface area (Å²) in [6.07, 6.45) is 9.46. The summed E-state index contributed by atoms with van der Waals surface area (Å²) in [6.45, 7) is 11.8. The van der Waals surface area contributed by atoms with E-state index >= 15 is 0 Å². The molecule has 0 radical (unpaired) electrons. The van der Waals surface area contributed by atoms with Crippen LogP contribution in [0, 0.1) is 5.41 Å². The van der Waals surface area contributed by atoms with Gasteiger partial charge in [-0.3, -0.25) is 0 Å². The molecule has 1 saturated carbocycles. The zero-order valence-corrected chi connectivity index (χ0v) is 14.0. The van der Waals surface area contributed by atoms with Crippen LogP contribution in [0.4, 0.5) is 0 Å². The van der Waals surface area contributed by atoms with Gasteiger partial charge in [0.15, 0.2) is 0 Å². The van der Waals surface area contributed by atoms with E-state index in [1.165, 1.54) is 51.5 Å². The topological polar surface area (TPSA) is 15.3 Å². The standard InChI is InChI=1S/C17H36N2/c1-6-13-18-15(2)8-7-14-19(5)16-9-11-17(3,4)12-10-16/h15-16,18H,6-14H2,1-5H3. The molecule has 0 spiro atoms. The molecule has 1 aliphatic rings. The van der Waals surface area contributed by atoms with E-state index in [1.54, 1.807) is 0 Å². The highest BCUT2D eigenvalue weighted by molar-refractivity contribution is 4.82. The average Bonchev–Trinajstić information content (AvgIpc) is 2.36. The van der Waals surface area contributed by atoms with Gasteiger partial charge >= 0.3 is 0 Å². The molecule has 0 aromatic heterocycles. The third-order valence-electron chi connectivity index (χ3n) is 4.82. The highest BCUT2D eigenvalue weighted by Crippen LogP contribution is 2.36. The van der Waals surface area contributed by atoms with E-state index in [0.29, 0.717) is 11.5 Å². The van der Waals surface area contributed by atoms with Crippen LogP contribution >= 0.6 is 0 Å². The molecule has 1 unspecified atom stereocenters. The van der Waals surface area contributed by atoms with Gasteiger partial charge in [-0.25, -0.2) is 0 Å². The van der Waals surface area contributed by atoms with Gasteiger partial charge < -0.3 is 10.2 Å². The molecule has 1 atom stereocenters. The lowest BCUT2D eigenvalue weighted by molar-refractivity contribution is 0.125. The number of nitrogens with one attached hydrogen (secondary N) is 1. The Morgan fingerprint density at radius 2 is 1.89 bits per heavy atom. The second-order valence-electron chi connectivity index (χ2n) is 7.37. The van der Waals surface area contributed by atoms with Crippen molar-refractivity contribution < 1.29 is 0 Å². The van der Waals surface area contributed by atoms with E-state index in [2.05, 4.69) is 45.0 Å². The Morgan fingerprint density at radius 3 is 2.47 bits per heavy atom. The van der Waals surface area contributed by atoms with Gasteiger partial charge in [0, 0.05) is 12.1 Å². The Labute approximate surface area is 121 Å². The van der Waals surface area contributed by atoms with Crippen molar-refractivity contribution in [3.8, 4) is 0 Å². The first-order chi connectivity index (χ1) is 8.94. The lowest BCUT2D eigenvalue weighted by atomic mass is 9.75. The highest BCUT2D eigenvalue weighted by Gasteiger charge is 2.28. The van der Waals surface area contributed by atoms with Gasteiger partial charge in [0.2, 0.25) is 0 Å². The Hall–Kier alpha value is -0.0800. The van der Waals surface area contributed by atoms with Gasteiger partial charge in [0.05, 0.1) is 0 Å². The van der Waals surface area contributed by atoms with Gasteiger partial charge in [-0.1, -0.05) is 20.8 Å². The summed E-state index contributed by atoms with van der Waals surface area (Å²) in [6, 6.07) is 1.52. The van der Waals surface area contributed by atoms with Gasteiger partial charge in [0.25, 0.3) is 0 Å². The molecule has 0 aromatic rings. The second-order valence-corrected chi connectivity index (χ2v) is 7.37. The lowest BCUT2D eigenvalue weighted by Gasteiger charge is -2.38. The van der Waals surface area contributed by atoms with Crippen LogP contribution in [0.2, 0.25) is 0 Å². The normalized spacial score (nSPS) is 21.8. The zero-order valence-electron chi connectivity index (χ0n) is 14.0. The van der Waals surface area contributed by atoms with Crippen molar-refractivity contribution >= 4 is 0 Å². The molecule has 1 aliphatic carbocycles. The van der Waals surface area contributed by atoms with Crippen molar-refractivity contribution in [1.29, 1.82) is 0 Å². The molecule has 0 aliphatic heterocycles. The smallest absolute Gasteiger partial charge is 0.00926 e. The number of rotatable bonds is 8. The molecule has 2 nitrogen and oxygen atoms in total. The van der Waals surface area contributed by atoms with Crippen LogP contribution in [-0.2, 0) is 0 Å². The summed E-state index contributed by atoms with van der Waals surface area (Å²) in [4.78, 5) is 2.61. The molecular formula is C17H36N2. The molecule has 19 heavy (non-hydrogen) atoms. The zero-order chi connectivity index (χ0) is 14.3. The first-order valence-electron chi connectivity index (χ1n) is 8.38. The number of nitrogens with zero attached hydrogens (tertiary/aromatic N) is 1. The van der Waals surface area contributed by atoms with Crippen LogP contribution in [0.3, 0.4) is 0 Å². The molecule has 0 bridgehead atoms. The van der Waals surface area contributed by atoms with E-state index in [1.807, 2.05) is 0 Å². The summed E-state index contributed by atoms with van der Waals surface area (Å²) in [5, 5.41) is 3.58. The third kappa shape index (κ3) is 6.76. The minimum Gasteiger partial charge on any atom is -0.314 e. The van der Waals surface area contributed by atoms with E-state index < -0.39 is 0 Å². The van der Waals surface area contributed by atoms with Crippen molar-refractivity contribution in [3.05, 3.63) is 0 Å². The quantitative estimate of drug-likeness (QED) is 0.714. The maximum atomic E-state index is 3.58. The molecule has 0 aromatic carbocycles. The summed E-state index contributed by atoms with van der Waals surface area (Å²) < 4.78 is 0. The van der Waals surface area contributed by atoms with Crippen molar-refractivity contribution in [2.75, 3.05) is 20.1 Å². The number of hydrogen-bond donors (Lipinski definition) is 1. The minimum atomic E-state index is 0.593. The van der Waals surface area contributed by atoms with E-state index in [9.17, 15) is 0 Å². The molecule has 114 valence electrons. The summed E-state index contributed by atoms with van der Waals surface area (Å²) in [5.74, 6) is 0. The van der Waals surface area contributed by atoms with Crippen LogP contribution < -0.4 is 5.32 Å². The molecule has 1 N–H and O–H groups in total. The van der Waals surface area contributed by atoms with Gasteiger partial charge in [0.1, 0.15) is 0 Å². The Morgan fingerprint density at radius 1 is 1.26 bits per heavy atom. The van der Waals surface area contributed by atoms with Crippen molar-refractivity contribution in [3.63, 3.8) is 0 Å². The average molecular weight is 268 g/mol. The Kier molecular flexibility index (Phi) is 7.38. The van der Waals surface area contributed by atoms with Crippen molar-refractivity contribution in [1.82, 2.24) is 10.2 Å². The summed E-state index contributed by atoms with van der Waals surface area (Å²) in [7, 11) is 2.33. The maximum Gasteiger partial charge on any atom is 0.00926 e. The molecule has 0 amide bonds. The van der Waals surface area contributed by atoms with Crippen LogP contribution in [-0.4, -0.2) is 37.1 Å². The largest absolute Gasteiger partial charge is 0.314 e. The fourth-order valence-corrected chi connectivity index (χ4v) is 3.15. The maximum absolute atomic E-state index is 3.58. The highest BCUT2D eigenvalue weighted by atomic mass is 15.1. The Bertz CT molecular complexity index is 227.